The molecule has 1 aliphatic heterocycles. The molecule has 0 bridgehead atoms. The van der Waals surface area contributed by atoms with Crippen LogP contribution in [-0.4, -0.2) is 30.2 Å². The molecule has 0 spiro atoms. The van der Waals surface area contributed by atoms with E-state index in [0.717, 1.165) is 17.5 Å². The minimum Gasteiger partial charge on any atom is -0.472 e. The van der Waals surface area contributed by atoms with Crippen molar-refractivity contribution < 1.29 is 14.3 Å². The molecule has 4 rings (SSSR count). The summed E-state index contributed by atoms with van der Waals surface area (Å²) < 4.78 is 11.1. The van der Waals surface area contributed by atoms with E-state index in [9.17, 15) is 4.79 Å². The summed E-state index contributed by atoms with van der Waals surface area (Å²) >= 11 is 0. The van der Waals surface area contributed by atoms with E-state index in [-0.39, 0.29) is 18.1 Å². The van der Waals surface area contributed by atoms with Gasteiger partial charge in [-0.15, -0.1) is 0 Å². The number of carbonyl (C=O) groups is 1. The lowest BCUT2D eigenvalue weighted by molar-refractivity contribution is 0.0942. The number of nitrogens with zero attached hydrogens (tertiary/aromatic N) is 1. The third-order valence-corrected chi connectivity index (χ3v) is 4.72. The first-order valence-electron chi connectivity index (χ1n) is 9.41. The van der Waals surface area contributed by atoms with Crippen LogP contribution in [0, 0.1) is 0 Å². The van der Waals surface area contributed by atoms with Gasteiger partial charge < -0.3 is 14.8 Å². The summed E-state index contributed by atoms with van der Waals surface area (Å²) in [5, 5.41) is 3.12. The van der Waals surface area contributed by atoms with E-state index in [1.807, 2.05) is 60.7 Å². The molecule has 0 saturated carbocycles. The van der Waals surface area contributed by atoms with Gasteiger partial charge in [0.15, 0.2) is 0 Å². The number of aromatic nitrogens is 1. The van der Waals surface area contributed by atoms with Crippen LogP contribution in [-0.2, 0) is 4.74 Å². The lowest BCUT2D eigenvalue weighted by atomic mass is 9.98. The van der Waals surface area contributed by atoms with E-state index in [4.69, 9.17) is 9.47 Å². The summed E-state index contributed by atoms with van der Waals surface area (Å²) in [6.07, 6.45) is 2.44. The first kappa shape index (κ1) is 18.2. The average molecular weight is 374 g/mol. The van der Waals surface area contributed by atoms with E-state index in [0.29, 0.717) is 24.7 Å². The van der Waals surface area contributed by atoms with Crippen molar-refractivity contribution in [1.29, 1.82) is 0 Å². The van der Waals surface area contributed by atoms with Crippen LogP contribution >= 0.6 is 0 Å². The maximum Gasteiger partial charge on any atom is 0.253 e. The Balaban J connectivity index is 1.49. The Morgan fingerprint density at radius 3 is 2.21 bits per heavy atom. The lowest BCUT2D eigenvalue weighted by Crippen LogP contribution is -2.29. The Kier molecular flexibility index (Phi) is 5.64. The molecule has 142 valence electrons. The van der Waals surface area contributed by atoms with Gasteiger partial charge in [0.05, 0.1) is 24.8 Å². The van der Waals surface area contributed by atoms with Crippen molar-refractivity contribution in [3.63, 3.8) is 0 Å². The highest BCUT2D eigenvalue weighted by Gasteiger charge is 2.19. The van der Waals surface area contributed by atoms with Crippen molar-refractivity contribution in [3.05, 3.63) is 95.7 Å². The second kappa shape index (κ2) is 8.67. The van der Waals surface area contributed by atoms with Crippen LogP contribution in [0.5, 0.6) is 5.88 Å². The second-order valence-electron chi connectivity index (χ2n) is 6.72. The Labute approximate surface area is 164 Å². The van der Waals surface area contributed by atoms with Crippen molar-refractivity contribution >= 4 is 5.91 Å². The number of nitrogens with one attached hydrogen (secondary N) is 1. The molecular formula is C23H22N2O3. The molecule has 1 amide bonds. The Morgan fingerprint density at radius 2 is 1.68 bits per heavy atom. The topological polar surface area (TPSA) is 60.5 Å². The number of benzene rings is 2. The van der Waals surface area contributed by atoms with Crippen molar-refractivity contribution in [1.82, 2.24) is 10.3 Å². The SMILES string of the molecule is O=C(NC(c1ccccc1)c1ccccc1)c1ccc(O[C@H]2CCOC2)nc1. The van der Waals surface area contributed by atoms with Gasteiger partial charge in [-0.25, -0.2) is 4.98 Å². The number of carbonyl (C=O) groups excluding carboxylic acids is 1. The Hall–Kier alpha value is -3.18. The summed E-state index contributed by atoms with van der Waals surface area (Å²) in [4.78, 5) is 17.1. The van der Waals surface area contributed by atoms with Crippen LogP contribution in [0.15, 0.2) is 79.0 Å². The summed E-state index contributed by atoms with van der Waals surface area (Å²) in [6, 6.07) is 23.1. The highest BCUT2D eigenvalue weighted by atomic mass is 16.5. The van der Waals surface area contributed by atoms with Crippen LogP contribution in [0.2, 0.25) is 0 Å². The molecule has 28 heavy (non-hydrogen) atoms. The molecule has 1 saturated heterocycles. The molecule has 1 aromatic heterocycles. The smallest absolute Gasteiger partial charge is 0.253 e. The summed E-state index contributed by atoms with van der Waals surface area (Å²) in [7, 11) is 0. The zero-order valence-corrected chi connectivity index (χ0v) is 15.5. The Morgan fingerprint density at radius 1 is 1.00 bits per heavy atom. The standard InChI is InChI=1S/C23H22N2O3/c26-23(19-11-12-21(24-15-19)28-20-13-14-27-16-20)25-22(17-7-3-1-4-8-17)18-9-5-2-6-10-18/h1-12,15,20,22H,13-14,16H2,(H,25,26)/t20-/m0/s1. The van der Waals surface area contributed by atoms with Crippen LogP contribution in [0.25, 0.3) is 0 Å². The normalized spacial score (nSPS) is 16.1. The minimum atomic E-state index is -0.235. The fourth-order valence-electron chi connectivity index (χ4n) is 3.23. The molecule has 2 heterocycles. The number of pyridine rings is 1. The molecule has 1 aliphatic rings. The molecule has 1 N–H and O–H groups in total. The largest absolute Gasteiger partial charge is 0.472 e. The van der Waals surface area contributed by atoms with E-state index in [1.165, 1.54) is 0 Å². The van der Waals surface area contributed by atoms with Gasteiger partial charge in [-0.2, -0.15) is 0 Å². The number of hydrogen-bond acceptors (Lipinski definition) is 4. The first-order valence-corrected chi connectivity index (χ1v) is 9.41. The van der Waals surface area contributed by atoms with Gasteiger partial charge in [-0.1, -0.05) is 60.7 Å². The minimum absolute atomic E-state index is 0.0349. The number of ether oxygens (including phenoxy) is 2. The summed E-state index contributed by atoms with van der Waals surface area (Å²) in [5.74, 6) is 0.329. The van der Waals surface area contributed by atoms with Crippen LogP contribution < -0.4 is 10.1 Å². The van der Waals surface area contributed by atoms with Gasteiger partial charge in [0.1, 0.15) is 6.10 Å². The highest BCUT2D eigenvalue weighted by Crippen LogP contribution is 2.22. The molecule has 1 fully saturated rings. The summed E-state index contributed by atoms with van der Waals surface area (Å²) in [5.41, 5.74) is 2.54. The molecule has 0 aliphatic carbocycles. The van der Waals surface area contributed by atoms with Crippen LogP contribution in [0.1, 0.15) is 33.9 Å². The number of amides is 1. The predicted octanol–water partition coefficient (Wildman–Crippen LogP) is 3.77. The van der Waals surface area contributed by atoms with Crippen molar-refractivity contribution in [2.45, 2.75) is 18.6 Å². The van der Waals surface area contributed by atoms with Gasteiger partial charge in [-0.3, -0.25) is 4.79 Å². The van der Waals surface area contributed by atoms with Gasteiger partial charge in [0.25, 0.3) is 5.91 Å². The van der Waals surface area contributed by atoms with Crippen molar-refractivity contribution in [2.24, 2.45) is 0 Å². The zero-order valence-electron chi connectivity index (χ0n) is 15.5. The molecule has 0 unspecified atom stereocenters. The average Bonchev–Trinajstić information content (AvgIpc) is 3.27. The summed E-state index contributed by atoms with van der Waals surface area (Å²) in [6.45, 7) is 1.30. The first-order chi connectivity index (χ1) is 13.8. The molecule has 3 aromatic rings. The quantitative estimate of drug-likeness (QED) is 0.714. The highest BCUT2D eigenvalue weighted by molar-refractivity contribution is 5.94. The lowest BCUT2D eigenvalue weighted by Gasteiger charge is -2.20. The van der Waals surface area contributed by atoms with Crippen molar-refractivity contribution in [3.8, 4) is 5.88 Å². The molecule has 5 heteroatoms. The third-order valence-electron chi connectivity index (χ3n) is 4.72. The third kappa shape index (κ3) is 4.38. The molecule has 0 radical (unpaired) electrons. The van der Waals surface area contributed by atoms with E-state index in [2.05, 4.69) is 10.3 Å². The zero-order chi connectivity index (χ0) is 19.2. The van der Waals surface area contributed by atoms with Gasteiger partial charge in [-0.05, 0) is 17.2 Å². The van der Waals surface area contributed by atoms with E-state index >= 15 is 0 Å². The molecule has 2 aromatic carbocycles. The molecule has 1 atom stereocenters. The van der Waals surface area contributed by atoms with Crippen molar-refractivity contribution in [2.75, 3.05) is 13.2 Å². The fourth-order valence-corrected chi connectivity index (χ4v) is 3.23. The molecule has 5 nitrogen and oxygen atoms in total. The van der Waals surface area contributed by atoms with Crippen LogP contribution in [0.3, 0.4) is 0 Å². The fraction of sp³-hybridized carbons (Fsp3) is 0.217. The molecular weight excluding hydrogens is 352 g/mol. The predicted molar refractivity (Wildman–Crippen MR) is 106 cm³/mol. The van der Waals surface area contributed by atoms with E-state index < -0.39 is 0 Å². The number of rotatable bonds is 6. The maximum absolute atomic E-state index is 12.8. The van der Waals surface area contributed by atoms with Gasteiger partial charge >= 0.3 is 0 Å². The van der Waals surface area contributed by atoms with Gasteiger partial charge in [0, 0.05) is 18.7 Å². The maximum atomic E-state index is 12.8. The monoisotopic (exact) mass is 374 g/mol. The second-order valence-corrected chi connectivity index (χ2v) is 6.72. The van der Waals surface area contributed by atoms with Gasteiger partial charge in [0.2, 0.25) is 5.88 Å². The van der Waals surface area contributed by atoms with E-state index in [1.54, 1.807) is 18.3 Å². The van der Waals surface area contributed by atoms with Crippen LogP contribution in [0.4, 0.5) is 0 Å². The number of hydrogen-bond donors (Lipinski definition) is 1. The Bertz CT molecular complexity index is 853.